The van der Waals surface area contributed by atoms with Crippen LogP contribution in [0.2, 0.25) is 0 Å². The molecule has 1 aliphatic heterocycles. The fourth-order valence-corrected chi connectivity index (χ4v) is 2.93. The van der Waals surface area contributed by atoms with E-state index < -0.39 is 0 Å². The first-order chi connectivity index (χ1) is 12.6. The van der Waals surface area contributed by atoms with Gasteiger partial charge in [-0.3, -0.25) is 19.3 Å². The zero-order valence-corrected chi connectivity index (χ0v) is 14.2. The van der Waals surface area contributed by atoms with E-state index in [1.807, 2.05) is 0 Å². The second-order valence-corrected chi connectivity index (χ2v) is 6.14. The zero-order valence-electron chi connectivity index (χ0n) is 14.2. The van der Waals surface area contributed by atoms with Crippen LogP contribution in [-0.2, 0) is 11.2 Å². The Morgan fingerprint density at radius 1 is 0.962 bits per heavy atom. The van der Waals surface area contributed by atoms with Crippen LogP contribution in [0.15, 0.2) is 48.5 Å². The van der Waals surface area contributed by atoms with Gasteiger partial charge in [-0.1, -0.05) is 24.3 Å². The third kappa shape index (κ3) is 3.96. The van der Waals surface area contributed by atoms with Crippen molar-refractivity contribution >= 4 is 17.7 Å². The highest BCUT2D eigenvalue weighted by molar-refractivity contribution is 6.21. The van der Waals surface area contributed by atoms with Crippen LogP contribution < -0.4 is 5.32 Å². The summed E-state index contributed by atoms with van der Waals surface area (Å²) >= 11 is 0. The standard InChI is InChI=1S/C20H19FN2O3/c21-15-9-7-14(8-10-15)11-12-22-18(24)6-3-13-23-19(25)16-4-1-2-5-17(16)20(23)26/h1-2,4-5,7-10H,3,6,11-13H2,(H,22,24). The summed E-state index contributed by atoms with van der Waals surface area (Å²) in [5, 5.41) is 2.79. The zero-order chi connectivity index (χ0) is 18.5. The lowest BCUT2D eigenvalue weighted by Gasteiger charge is -2.13. The Kier molecular flexibility index (Phi) is 5.41. The minimum Gasteiger partial charge on any atom is -0.356 e. The maximum absolute atomic E-state index is 12.8. The normalized spacial score (nSPS) is 13.0. The molecule has 6 heteroatoms. The molecule has 0 saturated carbocycles. The number of rotatable bonds is 7. The van der Waals surface area contributed by atoms with Crippen molar-refractivity contribution in [1.82, 2.24) is 10.2 Å². The molecule has 2 aromatic rings. The highest BCUT2D eigenvalue weighted by atomic mass is 19.1. The highest BCUT2D eigenvalue weighted by Gasteiger charge is 2.34. The van der Waals surface area contributed by atoms with E-state index in [0.29, 0.717) is 30.5 Å². The molecule has 0 radical (unpaired) electrons. The molecule has 5 nitrogen and oxygen atoms in total. The van der Waals surface area contributed by atoms with E-state index in [2.05, 4.69) is 5.32 Å². The number of carbonyl (C=O) groups is 3. The Hall–Kier alpha value is -3.02. The first-order valence-corrected chi connectivity index (χ1v) is 8.52. The predicted molar refractivity (Wildman–Crippen MR) is 94.2 cm³/mol. The number of nitrogens with one attached hydrogen (secondary N) is 1. The Bertz CT molecular complexity index is 798. The summed E-state index contributed by atoms with van der Waals surface area (Å²) in [5.74, 6) is -1.03. The minimum absolute atomic E-state index is 0.135. The quantitative estimate of drug-likeness (QED) is 0.777. The summed E-state index contributed by atoms with van der Waals surface area (Å²) in [7, 11) is 0. The molecule has 0 unspecified atom stereocenters. The second kappa shape index (κ2) is 7.91. The summed E-state index contributed by atoms with van der Waals surface area (Å²) < 4.78 is 12.8. The Labute approximate surface area is 150 Å². The average molecular weight is 354 g/mol. The van der Waals surface area contributed by atoms with Crippen molar-refractivity contribution in [3.8, 4) is 0 Å². The van der Waals surface area contributed by atoms with Gasteiger partial charge in [0.15, 0.2) is 0 Å². The maximum Gasteiger partial charge on any atom is 0.261 e. The molecule has 0 aromatic heterocycles. The van der Waals surface area contributed by atoms with Gasteiger partial charge in [0.05, 0.1) is 11.1 Å². The van der Waals surface area contributed by atoms with Crippen LogP contribution in [-0.4, -0.2) is 35.7 Å². The van der Waals surface area contributed by atoms with E-state index >= 15 is 0 Å². The molecule has 1 N–H and O–H groups in total. The topological polar surface area (TPSA) is 66.5 Å². The van der Waals surface area contributed by atoms with Crippen molar-refractivity contribution in [2.24, 2.45) is 0 Å². The summed E-state index contributed by atoms with van der Waals surface area (Å²) in [6.45, 7) is 0.676. The van der Waals surface area contributed by atoms with Crippen molar-refractivity contribution in [2.75, 3.05) is 13.1 Å². The summed E-state index contributed by atoms with van der Waals surface area (Å²) in [6, 6.07) is 12.9. The van der Waals surface area contributed by atoms with Crippen LogP contribution in [0.4, 0.5) is 4.39 Å². The van der Waals surface area contributed by atoms with Crippen LogP contribution in [0.1, 0.15) is 39.1 Å². The van der Waals surface area contributed by atoms with Crippen LogP contribution in [0.25, 0.3) is 0 Å². The molecule has 26 heavy (non-hydrogen) atoms. The van der Waals surface area contributed by atoms with Gasteiger partial charge in [-0.2, -0.15) is 0 Å². The number of halogens is 1. The van der Waals surface area contributed by atoms with Gasteiger partial charge >= 0.3 is 0 Å². The number of nitrogens with zero attached hydrogens (tertiary/aromatic N) is 1. The number of imide groups is 1. The summed E-state index contributed by atoms with van der Waals surface area (Å²) in [5.41, 5.74) is 1.78. The van der Waals surface area contributed by atoms with E-state index in [9.17, 15) is 18.8 Å². The van der Waals surface area contributed by atoms with Gasteiger partial charge < -0.3 is 5.32 Å². The molecule has 1 aliphatic rings. The molecule has 134 valence electrons. The SMILES string of the molecule is O=C(CCCN1C(=O)c2ccccc2C1=O)NCCc1ccc(F)cc1. The van der Waals surface area contributed by atoms with E-state index in [0.717, 1.165) is 5.56 Å². The van der Waals surface area contributed by atoms with Crippen LogP contribution in [0.3, 0.4) is 0 Å². The van der Waals surface area contributed by atoms with E-state index in [1.165, 1.54) is 17.0 Å². The number of benzene rings is 2. The first-order valence-electron chi connectivity index (χ1n) is 8.52. The molecular formula is C20H19FN2O3. The van der Waals surface area contributed by atoms with Crippen LogP contribution in [0.5, 0.6) is 0 Å². The van der Waals surface area contributed by atoms with Crippen LogP contribution in [0, 0.1) is 5.82 Å². The third-order valence-electron chi connectivity index (χ3n) is 4.31. The van der Waals surface area contributed by atoms with Crippen molar-refractivity contribution in [1.29, 1.82) is 0 Å². The third-order valence-corrected chi connectivity index (χ3v) is 4.31. The number of amides is 3. The monoisotopic (exact) mass is 354 g/mol. The lowest BCUT2D eigenvalue weighted by Crippen LogP contribution is -2.32. The van der Waals surface area contributed by atoms with Gasteiger partial charge in [-0.25, -0.2) is 4.39 Å². The first kappa shape index (κ1) is 17.8. The van der Waals surface area contributed by atoms with E-state index in [4.69, 9.17) is 0 Å². The molecular weight excluding hydrogens is 335 g/mol. The predicted octanol–water partition coefficient (Wildman–Crippen LogP) is 2.56. The molecule has 2 aromatic carbocycles. The van der Waals surface area contributed by atoms with Crippen molar-refractivity contribution in [3.63, 3.8) is 0 Å². The molecule has 0 bridgehead atoms. The van der Waals surface area contributed by atoms with Crippen molar-refractivity contribution in [3.05, 3.63) is 71.0 Å². The Morgan fingerprint density at radius 3 is 2.19 bits per heavy atom. The second-order valence-electron chi connectivity index (χ2n) is 6.14. The highest BCUT2D eigenvalue weighted by Crippen LogP contribution is 2.22. The molecule has 3 amide bonds. The number of hydrogen-bond acceptors (Lipinski definition) is 3. The summed E-state index contributed by atoms with van der Waals surface area (Å²) in [6.07, 6.45) is 1.26. The fraction of sp³-hybridized carbons (Fsp3) is 0.250. The smallest absolute Gasteiger partial charge is 0.261 e. The van der Waals surface area contributed by atoms with Gasteiger partial charge in [0, 0.05) is 19.5 Å². The fourth-order valence-electron chi connectivity index (χ4n) is 2.93. The lowest BCUT2D eigenvalue weighted by atomic mass is 10.1. The van der Waals surface area contributed by atoms with Gasteiger partial charge in [0.1, 0.15) is 5.82 Å². The Morgan fingerprint density at radius 2 is 1.58 bits per heavy atom. The van der Waals surface area contributed by atoms with E-state index in [-0.39, 0.29) is 36.5 Å². The van der Waals surface area contributed by atoms with Gasteiger partial charge in [-0.05, 0) is 42.7 Å². The molecule has 0 spiro atoms. The molecule has 0 aliphatic carbocycles. The van der Waals surface area contributed by atoms with Gasteiger partial charge in [0.2, 0.25) is 5.91 Å². The molecule has 0 saturated heterocycles. The van der Waals surface area contributed by atoms with Gasteiger partial charge in [-0.15, -0.1) is 0 Å². The Balaban J connectivity index is 1.40. The molecule has 1 heterocycles. The minimum atomic E-state index is -0.303. The number of fused-ring (bicyclic) bond motifs is 1. The molecule has 0 fully saturated rings. The van der Waals surface area contributed by atoms with Crippen molar-refractivity contribution in [2.45, 2.75) is 19.3 Å². The largest absolute Gasteiger partial charge is 0.356 e. The average Bonchev–Trinajstić information content (AvgIpc) is 2.89. The van der Waals surface area contributed by atoms with E-state index in [1.54, 1.807) is 36.4 Å². The lowest BCUT2D eigenvalue weighted by molar-refractivity contribution is -0.121. The maximum atomic E-state index is 12.8. The number of carbonyl (C=O) groups excluding carboxylic acids is 3. The van der Waals surface area contributed by atoms with Gasteiger partial charge in [0.25, 0.3) is 11.8 Å². The molecule has 3 rings (SSSR count). The van der Waals surface area contributed by atoms with Crippen molar-refractivity contribution < 1.29 is 18.8 Å². The molecule has 0 atom stereocenters. The number of hydrogen-bond donors (Lipinski definition) is 1. The van der Waals surface area contributed by atoms with Crippen LogP contribution >= 0.6 is 0 Å². The summed E-state index contributed by atoms with van der Waals surface area (Å²) in [4.78, 5) is 37.5.